The molecule has 10 heteroatoms. The number of para-hydroxylation sites is 1. The second-order valence-electron chi connectivity index (χ2n) is 7.26. The van der Waals surface area contributed by atoms with Gasteiger partial charge in [-0.2, -0.15) is 0 Å². The molecule has 2 aromatic carbocycles. The number of hydrogen-bond donors (Lipinski definition) is 2. The van der Waals surface area contributed by atoms with E-state index in [0.717, 1.165) is 5.56 Å². The number of carbonyl (C=O) groups is 2. The van der Waals surface area contributed by atoms with E-state index in [4.69, 9.17) is 21.3 Å². The van der Waals surface area contributed by atoms with E-state index in [9.17, 15) is 14.4 Å². The van der Waals surface area contributed by atoms with Crippen molar-refractivity contribution in [3.63, 3.8) is 0 Å². The first kappa shape index (κ1) is 22.9. The maximum Gasteiger partial charge on any atom is 0.337 e. The molecule has 0 unspecified atom stereocenters. The third-order valence-electron chi connectivity index (χ3n) is 5.08. The van der Waals surface area contributed by atoms with E-state index in [-0.39, 0.29) is 24.5 Å². The lowest BCUT2D eigenvalue weighted by Crippen LogP contribution is -2.44. The fourth-order valence-corrected chi connectivity index (χ4v) is 4.63. The quantitative estimate of drug-likeness (QED) is 0.315. The lowest BCUT2D eigenvalue weighted by molar-refractivity contribution is -0.138. The van der Waals surface area contributed by atoms with Crippen LogP contribution in [0.2, 0.25) is 5.02 Å². The zero-order valence-electron chi connectivity index (χ0n) is 18.0. The highest BCUT2D eigenvalue weighted by Gasteiger charge is 2.24. The molecule has 3 aromatic rings. The molecule has 0 atom stereocenters. The van der Waals surface area contributed by atoms with Gasteiger partial charge in [-0.25, -0.2) is 14.6 Å². The monoisotopic (exact) mass is 484 g/mol. The average Bonchev–Trinajstić information content (AvgIpc) is 2.78. The minimum atomic E-state index is -0.504. The van der Waals surface area contributed by atoms with Crippen LogP contribution < -0.4 is 16.2 Å². The number of benzene rings is 2. The summed E-state index contributed by atoms with van der Waals surface area (Å²) in [6, 6.07) is 12.0. The molecule has 33 heavy (non-hydrogen) atoms. The number of nitrogens with one attached hydrogen (secondary N) is 2. The minimum Gasteiger partial charge on any atom is -0.463 e. The summed E-state index contributed by atoms with van der Waals surface area (Å²) >= 11 is 7.37. The van der Waals surface area contributed by atoms with Crippen LogP contribution in [-0.2, 0) is 9.53 Å². The van der Waals surface area contributed by atoms with Crippen molar-refractivity contribution in [2.24, 2.45) is 0 Å². The predicted octanol–water partition coefficient (Wildman–Crippen LogP) is 3.57. The number of aromatic nitrogens is 2. The molecule has 0 saturated carbocycles. The van der Waals surface area contributed by atoms with Gasteiger partial charge >= 0.3 is 12.0 Å². The minimum absolute atomic E-state index is 0.0614. The molecule has 8 nitrogen and oxygen atoms in total. The third-order valence-corrected chi connectivity index (χ3v) is 6.28. The van der Waals surface area contributed by atoms with Crippen LogP contribution in [0.3, 0.4) is 0 Å². The Balaban J connectivity index is 1.82. The molecule has 2 amide bonds. The molecule has 4 rings (SSSR count). The second kappa shape index (κ2) is 9.68. The van der Waals surface area contributed by atoms with Crippen LogP contribution in [0.25, 0.3) is 16.6 Å². The summed E-state index contributed by atoms with van der Waals surface area (Å²) in [6.07, 6.45) is 0. The lowest BCUT2D eigenvalue weighted by atomic mass is 10.2. The molecule has 0 saturated heterocycles. The SMILES string of the molecule is CCOC(=O)C1=C(CSc2nc3cc(Cl)ccc3c(=O)n2-c2ccccc2C)NC(=O)NC1. The number of halogens is 1. The summed E-state index contributed by atoms with van der Waals surface area (Å²) in [5.74, 6) is -0.304. The molecule has 0 spiro atoms. The Labute approximate surface area is 199 Å². The lowest BCUT2D eigenvalue weighted by Gasteiger charge is -2.21. The number of hydrogen-bond acceptors (Lipinski definition) is 6. The number of ether oxygens (including phenoxy) is 1. The molecular formula is C23H21ClN4O4S. The van der Waals surface area contributed by atoms with E-state index in [1.807, 2.05) is 31.2 Å². The fourth-order valence-electron chi connectivity index (χ4n) is 3.47. The summed E-state index contributed by atoms with van der Waals surface area (Å²) < 4.78 is 6.66. The van der Waals surface area contributed by atoms with Crippen molar-refractivity contribution >= 4 is 46.3 Å². The van der Waals surface area contributed by atoms with Crippen molar-refractivity contribution < 1.29 is 14.3 Å². The Bertz CT molecular complexity index is 1350. The number of rotatable bonds is 6. The number of carbonyl (C=O) groups excluding carboxylic acids is 2. The van der Waals surface area contributed by atoms with E-state index in [1.54, 1.807) is 29.7 Å². The predicted molar refractivity (Wildman–Crippen MR) is 128 cm³/mol. The van der Waals surface area contributed by atoms with Crippen molar-refractivity contribution in [2.45, 2.75) is 19.0 Å². The van der Waals surface area contributed by atoms with Gasteiger partial charge in [-0.15, -0.1) is 0 Å². The van der Waals surface area contributed by atoms with Gasteiger partial charge in [-0.3, -0.25) is 9.36 Å². The Morgan fingerprint density at radius 2 is 2.03 bits per heavy atom. The molecule has 0 fully saturated rings. The van der Waals surface area contributed by atoms with Crippen LogP contribution in [0, 0.1) is 6.92 Å². The molecule has 1 aliphatic heterocycles. The van der Waals surface area contributed by atoms with E-state index < -0.39 is 12.0 Å². The smallest absolute Gasteiger partial charge is 0.337 e. The number of thioether (sulfide) groups is 1. The summed E-state index contributed by atoms with van der Waals surface area (Å²) in [6.45, 7) is 3.91. The highest BCUT2D eigenvalue weighted by atomic mass is 35.5. The molecule has 0 radical (unpaired) electrons. The van der Waals surface area contributed by atoms with Crippen LogP contribution in [0.1, 0.15) is 12.5 Å². The van der Waals surface area contributed by atoms with Crippen LogP contribution >= 0.6 is 23.4 Å². The van der Waals surface area contributed by atoms with Crippen LogP contribution in [0.4, 0.5) is 4.79 Å². The second-order valence-corrected chi connectivity index (χ2v) is 8.64. The van der Waals surface area contributed by atoms with Gasteiger partial charge in [-0.1, -0.05) is 41.6 Å². The first-order chi connectivity index (χ1) is 15.9. The summed E-state index contributed by atoms with van der Waals surface area (Å²) in [7, 11) is 0. The highest BCUT2D eigenvalue weighted by molar-refractivity contribution is 7.99. The van der Waals surface area contributed by atoms with Gasteiger partial charge < -0.3 is 15.4 Å². The first-order valence-electron chi connectivity index (χ1n) is 10.2. The van der Waals surface area contributed by atoms with Crippen LogP contribution in [0.15, 0.2) is 63.7 Å². The number of nitrogens with zero attached hydrogens (tertiary/aromatic N) is 2. The average molecular weight is 485 g/mol. The van der Waals surface area contributed by atoms with Crippen molar-refractivity contribution in [1.82, 2.24) is 20.2 Å². The van der Waals surface area contributed by atoms with Gasteiger partial charge in [-0.05, 0) is 43.7 Å². The Hall–Kier alpha value is -3.30. The Morgan fingerprint density at radius 3 is 2.79 bits per heavy atom. The summed E-state index contributed by atoms with van der Waals surface area (Å²) in [5, 5.41) is 6.58. The van der Waals surface area contributed by atoms with Crippen molar-refractivity contribution in [3.05, 3.63) is 74.7 Å². The molecule has 0 aliphatic carbocycles. The molecular weight excluding hydrogens is 464 g/mol. The number of urea groups is 1. The highest BCUT2D eigenvalue weighted by Crippen LogP contribution is 2.26. The van der Waals surface area contributed by atoms with Gasteiger partial charge in [0.15, 0.2) is 5.16 Å². The third kappa shape index (κ3) is 4.74. The van der Waals surface area contributed by atoms with Gasteiger partial charge in [0, 0.05) is 16.5 Å². The van der Waals surface area contributed by atoms with Crippen LogP contribution in [-0.4, -0.2) is 40.5 Å². The fraction of sp³-hybridized carbons (Fsp3) is 0.217. The zero-order valence-corrected chi connectivity index (χ0v) is 19.5. The summed E-state index contributed by atoms with van der Waals surface area (Å²) in [4.78, 5) is 42.4. The van der Waals surface area contributed by atoms with Gasteiger partial charge in [0.2, 0.25) is 0 Å². The van der Waals surface area contributed by atoms with Gasteiger partial charge in [0.05, 0.1) is 35.3 Å². The Morgan fingerprint density at radius 1 is 1.24 bits per heavy atom. The Kier molecular flexibility index (Phi) is 6.71. The van der Waals surface area contributed by atoms with Gasteiger partial charge in [0.1, 0.15) is 0 Å². The van der Waals surface area contributed by atoms with Crippen molar-refractivity contribution in [2.75, 3.05) is 18.9 Å². The number of amides is 2. The number of fused-ring (bicyclic) bond motifs is 1. The normalized spacial score (nSPS) is 13.6. The molecule has 2 heterocycles. The number of aryl methyl sites for hydroxylation is 1. The maximum absolute atomic E-state index is 13.5. The molecule has 170 valence electrons. The molecule has 1 aromatic heterocycles. The summed E-state index contributed by atoms with van der Waals surface area (Å²) in [5.41, 5.74) is 2.58. The largest absolute Gasteiger partial charge is 0.463 e. The van der Waals surface area contributed by atoms with Crippen molar-refractivity contribution in [3.8, 4) is 5.69 Å². The van der Waals surface area contributed by atoms with E-state index in [2.05, 4.69) is 10.6 Å². The molecule has 1 aliphatic rings. The van der Waals surface area contributed by atoms with Crippen molar-refractivity contribution in [1.29, 1.82) is 0 Å². The standard InChI is InChI=1S/C23H21ClN4O4S/c1-3-32-21(30)16-11-25-22(31)26-18(16)12-33-23-27-17-10-14(24)8-9-15(17)20(29)28(23)19-7-5-4-6-13(19)2/h4-10H,3,11-12H2,1-2H3,(H2,25,26,31). The van der Waals surface area contributed by atoms with E-state index >= 15 is 0 Å². The molecule has 2 N–H and O–H groups in total. The van der Waals surface area contributed by atoms with E-state index in [1.165, 1.54) is 11.8 Å². The topological polar surface area (TPSA) is 102 Å². The molecule has 0 bridgehead atoms. The number of esters is 1. The van der Waals surface area contributed by atoms with E-state index in [0.29, 0.717) is 38.0 Å². The maximum atomic E-state index is 13.5. The van der Waals surface area contributed by atoms with Crippen LogP contribution in [0.5, 0.6) is 0 Å². The zero-order chi connectivity index (χ0) is 23.5. The first-order valence-corrected chi connectivity index (χ1v) is 11.6. The van der Waals surface area contributed by atoms with Gasteiger partial charge in [0.25, 0.3) is 5.56 Å².